The molecule has 2 N–H and O–H groups in total. The van der Waals surface area contributed by atoms with E-state index in [-0.39, 0.29) is 12.1 Å². The fourth-order valence-electron chi connectivity index (χ4n) is 2.22. The third-order valence-corrected chi connectivity index (χ3v) is 3.68. The lowest BCUT2D eigenvalue weighted by Crippen LogP contribution is -2.44. The summed E-state index contributed by atoms with van der Waals surface area (Å²) in [5, 5.41) is 6.25. The van der Waals surface area contributed by atoms with Crippen LogP contribution < -0.4 is 20.1 Å². The Labute approximate surface area is 139 Å². The van der Waals surface area contributed by atoms with E-state index in [4.69, 9.17) is 21.1 Å². The zero-order valence-electron chi connectivity index (χ0n) is 12.4. The van der Waals surface area contributed by atoms with Gasteiger partial charge in [-0.1, -0.05) is 35.9 Å². The molecule has 0 saturated heterocycles. The van der Waals surface area contributed by atoms with Crippen molar-refractivity contribution in [3.05, 3.63) is 59.1 Å². The molecule has 3 rings (SSSR count). The van der Waals surface area contributed by atoms with Crippen molar-refractivity contribution in [3.63, 3.8) is 0 Å². The van der Waals surface area contributed by atoms with Crippen molar-refractivity contribution in [3.8, 4) is 11.5 Å². The Morgan fingerprint density at radius 1 is 1.09 bits per heavy atom. The minimum Gasteiger partial charge on any atom is -0.486 e. The maximum Gasteiger partial charge on any atom is 0.315 e. The molecule has 2 aromatic rings. The molecule has 0 saturated carbocycles. The first kappa shape index (κ1) is 15.5. The van der Waals surface area contributed by atoms with Gasteiger partial charge in [0.25, 0.3) is 0 Å². The van der Waals surface area contributed by atoms with E-state index >= 15 is 0 Å². The molecule has 1 atom stereocenters. The van der Waals surface area contributed by atoms with Gasteiger partial charge in [0.15, 0.2) is 17.6 Å². The number of hydrogen-bond acceptors (Lipinski definition) is 3. The summed E-state index contributed by atoms with van der Waals surface area (Å²) in [5.41, 5.74) is 0.982. The molecule has 2 aromatic carbocycles. The molecule has 0 radical (unpaired) electrons. The van der Waals surface area contributed by atoms with Crippen molar-refractivity contribution in [1.29, 1.82) is 0 Å². The van der Waals surface area contributed by atoms with Crippen molar-refractivity contribution in [1.82, 2.24) is 10.6 Å². The molecule has 5 nitrogen and oxygen atoms in total. The summed E-state index contributed by atoms with van der Waals surface area (Å²) in [5.74, 6) is 1.43. The molecule has 2 amide bonds. The highest BCUT2D eigenvalue weighted by atomic mass is 35.5. The van der Waals surface area contributed by atoms with Crippen LogP contribution in [0, 0.1) is 0 Å². The predicted molar refractivity (Wildman–Crippen MR) is 88.0 cm³/mol. The van der Waals surface area contributed by atoms with Crippen molar-refractivity contribution in [2.24, 2.45) is 0 Å². The molecule has 1 heterocycles. The van der Waals surface area contributed by atoms with Gasteiger partial charge < -0.3 is 20.1 Å². The molecule has 0 bridgehead atoms. The van der Waals surface area contributed by atoms with Crippen molar-refractivity contribution >= 4 is 17.6 Å². The molecule has 0 fully saturated rings. The van der Waals surface area contributed by atoms with Crippen LogP contribution in [0.5, 0.6) is 11.5 Å². The topological polar surface area (TPSA) is 59.6 Å². The Bertz CT molecular complexity index is 676. The van der Waals surface area contributed by atoms with E-state index < -0.39 is 0 Å². The smallest absolute Gasteiger partial charge is 0.315 e. The molecule has 6 heteroatoms. The van der Waals surface area contributed by atoms with Gasteiger partial charge >= 0.3 is 6.03 Å². The molecule has 1 aliphatic heterocycles. The van der Waals surface area contributed by atoms with E-state index in [1.54, 1.807) is 12.1 Å². The maximum absolute atomic E-state index is 11.8. The molecule has 0 spiro atoms. The standard InChI is InChI=1S/C17H17ClN2O3/c18-13-7-5-12(6-8-13)9-19-17(21)20-10-14-11-22-15-3-1-2-4-16(15)23-14/h1-8,14H,9-11H2,(H2,19,20,21)/t14-/m1/s1. The normalized spacial score (nSPS) is 15.8. The van der Waals surface area contributed by atoms with Gasteiger partial charge in [0.05, 0.1) is 6.54 Å². The van der Waals surface area contributed by atoms with E-state index in [2.05, 4.69) is 10.6 Å². The Kier molecular flexibility index (Phi) is 4.88. The zero-order valence-corrected chi connectivity index (χ0v) is 13.2. The van der Waals surface area contributed by atoms with Crippen molar-refractivity contribution in [2.45, 2.75) is 12.6 Å². The van der Waals surface area contributed by atoms with E-state index in [0.717, 1.165) is 11.3 Å². The van der Waals surface area contributed by atoms with Gasteiger partial charge in [0.2, 0.25) is 0 Å². The summed E-state index contributed by atoms with van der Waals surface area (Å²) < 4.78 is 11.4. The van der Waals surface area contributed by atoms with E-state index in [0.29, 0.717) is 30.5 Å². The summed E-state index contributed by atoms with van der Waals surface area (Å²) in [6.45, 7) is 1.23. The number of carbonyl (C=O) groups excluding carboxylic acids is 1. The third kappa shape index (κ3) is 4.29. The molecule has 1 aliphatic rings. The minimum absolute atomic E-state index is 0.203. The number of amides is 2. The second kappa shape index (κ2) is 7.24. The Hall–Kier alpha value is -2.40. The fourth-order valence-corrected chi connectivity index (χ4v) is 2.34. The number of urea groups is 1. The molecule has 0 unspecified atom stereocenters. The Morgan fingerprint density at radius 2 is 1.83 bits per heavy atom. The van der Waals surface area contributed by atoms with Crippen LogP contribution in [0.1, 0.15) is 5.56 Å². The maximum atomic E-state index is 11.8. The number of fused-ring (bicyclic) bond motifs is 1. The van der Waals surface area contributed by atoms with Gasteiger partial charge in [-0.15, -0.1) is 0 Å². The first-order chi connectivity index (χ1) is 11.2. The number of hydrogen-bond donors (Lipinski definition) is 2. The summed E-state index contributed by atoms with van der Waals surface area (Å²) in [7, 11) is 0. The Morgan fingerprint density at radius 3 is 2.61 bits per heavy atom. The summed E-state index contributed by atoms with van der Waals surface area (Å²) in [6, 6.07) is 14.6. The SMILES string of the molecule is O=C(NCc1ccc(Cl)cc1)NC[C@@H]1COc2ccccc2O1. The van der Waals surface area contributed by atoms with Gasteiger partial charge in [-0.3, -0.25) is 0 Å². The van der Waals surface area contributed by atoms with Crippen LogP contribution in [0.4, 0.5) is 4.79 Å². The highest BCUT2D eigenvalue weighted by Gasteiger charge is 2.20. The lowest BCUT2D eigenvalue weighted by Gasteiger charge is -2.26. The Balaban J connectivity index is 1.42. The number of carbonyl (C=O) groups is 1. The van der Waals surface area contributed by atoms with E-state index in [1.165, 1.54) is 0 Å². The second-order valence-electron chi connectivity index (χ2n) is 5.19. The number of rotatable bonds is 4. The first-order valence-corrected chi connectivity index (χ1v) is 7.73. The van der Waals surface area contributed by atoms with Gasteiger partial charge in [-0.25, -0.2) is 4.79 Å². The van der Waals surface area contributed by atoms with Gasteiger partial charge in [-0.2, -0.15) is 0 Å². The molecular formula is C17H17ClN2O3. The molecular weight excluding hydrogens is 316 g/mol. The second-order valence-corrected chi connectivity index (χ2v) is 5.62. The predicted octanol–water partition coefficient (Wildman–Crippen LogP) is 2.98. The largest absolute Gasteiger partial charge is 0.486 e. The van der Waals surface area contributed by atoms with Crippen LogP contribution >= 0.6 is 11.6 Å². The summed E-state index contributed by atoms with van der Waals surface area (Å²) in [4.78, 5) is 11.8. The van der Waals surface area contributed by atoms with Crippen LogP contribution in [0.3, 0.4) is 0 Å². The summed E-state index contributed by atoms with van der Waals surface area (Å²) >= 11 is 5.82. The minimum atomic E-state index is -0.248. The molecule has 0 aromatic heterocycles. The highest BCUT2D eigenvalue weighted by Crippen LogP contribution is 2.30. The molecule has 120 valence electrons. The van der Waals surface area contributed by atoms with Crippen LogP contribution in [0.25, 0.3) is 0 Å². The van der Waals surface area contributed by atoms with Crippen molar-refractivity contribution in [2.75, 3.05) is 13.2 Å². The first-order valence-electron chi connectivity index (χ1n) is 7.35. The van der Waals surface area contributed by atoms with Crippen molar-refractivity contribution < 1.29 is 14.3 Å². The van der Waals surface area contributed by atoms with Crippen LogP contribution in [-0.4, -0.2) is 25.3 Å². The van der Waals surface area contributed by atoms with Crippen LogP contribution in [-0.2, 0) is 6.54 Å². The lowest BCUT2D eigenvalue weighted by molar-refractivity contribution is 0.0918. The average molecular weight is 333 g/mol. The number of benzene rings is 2. The van der Waals surface area contributed by atoms with E-state index in [1.807, 2.05) is 36.4 Å². The monoisotopic (exact) mass is 332 g/mol. The highest BCUT2D eigenvalue weighted by molar-refractivity contribution is 6.30. The van der Waals surface area contributed by atoms with Gasteiger partial charge in [-0.05, 0) is 29.8 Å². The number of ether oxygens (including phenoxy) is 2. The number of nitrogens with one attached hydrogen (secondary N) is 2. The van der Waals surface area contributed by atoms with Gasteiger partial charge in [0.1, 0.15) is 6.61 Å². The average Bonchev–Trinajstić information content (AvgIpc) is 2.59. The number of para-hydroxylation sites is 2. The number of halogens is 1. The molecule has 0 aliphatic carbocycles. The zero-order chi connectivity index (χ0) is 16.1. The lowest BCUT2D eigenvalue weighted by atomic mass is 10.2. The molecule has 23 heavy (non-hydrogen) atoms. The fraction of sp³-hybridized carbons (Fsp3) is 0.235. The van der Waals surface area contributed by atoms with Crippen LogP contribution in [0.15, 0.2) is 48.5 Å². The van der Waals surface area contributed by atoms with E-state index in [9.17, 15) is 4.79 Å². The summed E-state index contributed by atoms with van der Waals surface area (Å²) in [6.07, 6.45) is -0.203. The third-order valence-electron chi connectivity index (χ3n) is 3.42. The quantitative estimate of drug-likeness (QED) is 0.905. The van der Waals surface area contributed by atoms with Gasteiger partial charge in [0, 0.05) is 11.6 Å². The van der Waals surface area contributed by atoms with Crippen LogP contribution in [0.2, 0.25) is 5.02 Å².